The molecule has 8 N–H and O–H groups in total. The molecule has 12 rings (SSSR count). The minimum absolute atomic E-state index is 0. The summed E-state index contributed by atoms with van der Waals surface area (Å²) in [5.74, 6) is 0. The van der Waals surface area contributed by atoms with E-state index in [9.17, 15) is 0 Å². The average molecular weight is 1520 g/mol. The van der Waals surface area contributed by atoms with E-state index >= 15 is 0 Å². The van der Waals surface area contributed by atoms with Crippen molar-refractivity contribution in [3.63, 3.8) is 0 Å². The summed E-state index contributed by atoms with van der Waals surface area (Å²) in [5.41, 5.74) is 0. The van der Waals surface area contributed by atoms with Crippen LogP contribution in [0.5, 0.6) is 0 Å². The van der Waals surface area contributed by atoms with Crippen LogP contribution in [0.25, 0.3) is 0 Å². The third-order valence-corrected chi connectivity index (χ3v) is 43.9. The summed E-state index contributed by atoms with van der Waals surface area (Å²) in [4.78, 5) is 0. The molecule has 0 spiro atoms. The van der Waals surface area contributed by atoms with Crippen molar-refractivity contribution < 1.29 is 40.5 Å². The monoisotopic (exact) mass is 1530 g/mol. The van der Waals surface area contributed by atoms with Crippen molar-refractivity contribution >= 4 is 122 Å². The van der Waals surface area contributed by atoms with Crippen LogP contribution in [0.1, 0.15) is 0 Å². The van der Waals surface area contributed by atoms with Crippen molar-refractivity contribution in [3.8, 4) is 0 Å². The molecule has 0 heterocycles. The van der Waals surface area contributed by atoms with Gasteiger partial charge in [-0.1, -0.05) is 0 Å². The fourth-order valence-electron chi connectivity index (χ4n) is 9.26. The van der Waals surface area contributed by atoms with Crippen LogP contribution in [0.15, 0.2) is 364 Å². The second-order valence-electron chi connectivity index (χ2n) is 17.9. The van der Waals surface area contributed by atoms with Gasteiger partial charge < -0.3 is 21.9 Å². The van der Waals surface area contributed by atoms with Crippen LogP contribution >= 0.6 is 0 Å². The van der Waals surface area contributed by atoms with Crippen molar-refractivity contribution in [1.29, 1.82) is 0 Å². The first kappa shape index (κ1) is 67.8. The molecule has 0 bridgehead atoms. The fraction of sp³-hybridized carbons (Fsp3) is 0. The minimum atomic E-state index is -1.98. The second kappa shape index (κ2) is 38.1. The first-order chi connectivity index (χ1) is 37.8. The van der Waals surface area contributed by atoms with Crippen LogP contribution in [0, 0.1) is 0 Å². The number of rotatable bonds is 12. The summed E-state index contributed by atoms with van der Waals surface area (Å²) in [6, 6.07) is 132. The van der Waals surface area contributed by atoms with Gasteiger partial charge in [0, 0.05) is 18.6 Å². The molecule has 12 aromatic rings. The van der Waals surface area contributed by atoms with Crippen LogP contribution in [-0.2, 0) is 18.6 Å². The third kappa shape index (κ3) is 20.3. The van der Waals surface area contributed by atoms with Gasteiger partial charge in [-0.15, -0.1) is 0 Å². The van der Waals surface area contributed by atoms with E-state index in [0.717, 1.165) is 0 Å². The standard InChI is InChI=1S/12C6H5.4H2O.4Sn.V/c12*1-2-4-6-5-3-1;;;;;;;;;/h12*1-5H;4*1H2;;;;;. The molecule has 401 valence electrons. The Kier molecular flexibility index (Phi) is 31.9. The SMILES string of the molecule is O.O.O.O.[V].c1cc[c]([Sn]([c]2ccccc2)[c]2ccccc2)cc1.c1cc[c]([Sn]([c]2ccccc2)[c]2ccccc2)cc1.c1cc[c]([Sn]([c]2ccccc2)[c]2ccccc2)cc1.c1cc[c]([Sn]([c]2ccccc2)[c]2ccccc2)cc1. The van der Waals surface area contributed by atoms with E-state index < -0.39 is 79.0 Å². The number of hydrogen-bond donors (Lipinski definition) is 0. The van der Waals surface area contributed by atoms with Crippen LogP contribution < -0.4 is 43.0 Å². The summed E-state index contributed by atoms with van der Waals surface area (Å²) >= 11 is -7.93. The zero-order chi connectivity index (χ0) is 51.7. The Labute approximate surface area is 520 Å². The summed E-state index contributed by atoms with van der Waals surface area (Å²) < 4.78 is 18.4. The van der Waals surface area contributed by atoms with Crippen LogP contribution in [0.2, 0.25) is 0 Å². The molecule has 12 aromatic carbocycles. The van der Waals surface area contributed by atoms with Gasteiger partial charge in [0.05, 0.1) is 0 Å². The Bertz CT molecular complexity index is 2600. The molecule has 9 heteroatoms. The van der Waals surface area contributed by atoms with E-state index in [1.807, 2.05) is 0 Å². The molecule has 0 aromatic heterocycles. The molecule has 5 radical (unpaired) electrons. The van der Waals surface area contributed by atoms with Crippen LogP contribution in [-0.4, -0.2) is 101 Å². The molecule has 0 amide bonds. The number of hydrogen-bond acceptors (Lipinski definition) is 0. The summed E-state index contributed by atoms with van der Waals surface area (Å²) in [7, 11) is 0. The molecular formula is C72H68O4Sn4V. The zero-order valence-electron chi connectivity index (χ0n) is 45.1. The molecule has 0 aliphatic heterocycles. The van der Waals surface area contributed by atoms with E-state index in [2.05, 4.69) is 364 Å². The van der Waals surface area contributed by atoms with Gasteiger partial charge in [-0.2, -0.15) is 0 Å². The Morgan fingerprint density at radius 3 is 0.235 bits per heavy atom. The third-order valence-electron chi connectivity index (χ3n) is 12.7. The summed E-state index contributed by atoms with van der Waals surface area (Å²) in [6.45, 7) is 0. The van der Waals surface area contributed by atoms with Gasteiger partial charge in [-0.25, -0.2) is 0 Å². The van der Waals surface area contributed by atoms with Gasteiger partial charge >= 0.3 is 486 Å². The van der Waals surface area contributed by atoms with E-state index in [1.54, 1.807) is 0 Å². The fourth-order valence-corrected chi connectivity index (χ4v) is 38.7. The molecule has 0 saturated carbocycles. The van der Waals surface area contributed by atoms with Crippen molar-refractivity contribution in [2.24, 2.45) is 0 Å². The van der Waals surface area contributed by atoms with Crippen molar-refractivity contribution in [1.82, 2.24) is 0 Å². The molecule has 0 unspecified atom stereocenters. The normalized spacial score (nSPS) is 9.93. The van der Waals surface area contributed by atoms with E-state index in [0.29, 0.717) is 0 Å². The molecule has 0 saturated heterocycles. The molecule has 0 aliphatic rings. The van der Waals surface area contributed by atoms with Gasteiger partial charge in [0.2, 0.25) is 0 Å². The Morgan fingerprint density at radius 2 is 0.173 bits per heavy atom. The molecule has 0 fully saturated rings. The first-order valence-corrected chi connectivity index (χ1v) is 43.1. The zero-order valence-corrected chi connectivity index (χ0v) is 57.9. The molecule has 0 aliphatic carbocycles. The summed E-state index contributed by atoms with van der Waals surface area (Å²) in [5, 5.41) is 0. The second-order valence-corrected chi connectivity index (χ2v) is 46.2. The van der Waals surface area contributed by atoms with Gasteiger partial charge in [0.1, 0.15) is 0 Å². The quantitative estimate of drug-likeness (QED) is 0.143. The van der Waals surface area contributed by atoms with Crippen molar-refractivity contribution in [2.75, 3.05) is 0 Å². The van der Waals surface area contributed by atoms with E-state index in [1.165, 1.54) is 43.0 Å². The molecule has 81 heavy (non-hydrogen) atoms. The predicted octanol–water partition coefficient (Wildman–Crippen LogP) is 5.51. The van der Waals surface area contributed by atoms with Crippen molar-refractivity contribution in [2.45, 2.75) is 0 Å². The van der Waals surface area contributed by atoms with E-state index in [-0.39, 0.29) is 40.5 Å². The Hall–Kier alpha value is -5.74. The van der Waals surface area contributed by atoms with Crippen LogP contribution in [0.4, 0.5) is 0 Å². The van der Waals surface area contributed by atoms with Crippen LogP contribution in [0.3, 0.4) is 0 Å². The van der Waals surface area contributed by atoms with Gasteiger partial charge in [0.15, 0.2) is 0 Å². The predicted molar refractivity (Wildman–Crippen MR) is 350 cm³/mol. The topological polar surface area (TPSA) is 126 Å². The summed E-state index contributed by atoms with van der Waals surface area (Å²) in [6.07, 6.45) is 0. The maximum atomic E-state index is 2.29. The van der Waals surface area contributed by atoms with Gasteiger partial charge in [-0.05, 0) is 0 Å². The average Bonchev–Trinajstić information content (AvgIpc) is 3.52. The first-order valence-electron chi connectivity index (χ1n) is 25.9. The molecular weight excluding hydrogens is 1450 g/mol. The Balaban J connectivity index is 0.000000228. The maximum absolute atomic E-state index is 2.29. The van der Waals surface area contributed by atoms with Gasteiger partial charge in [0.25, 0.3) is 0 Å². The van der Waals surface area contributed by atoms with E-state index in [4.69, 9.17) is 0 Å². The molecule has 4 nitrogen and oxygen atoms in total. The van der Waals surface area contributed by atoms with Gasteiger partial charge in [-0.3, -0.25) is 0 Å². The molecule has 0 atom stereocenters. The van der Waals surface area contributed by atoms with Crippen molar-refractivity contribution in [3.05, 3.63) is 364 Å². The number of benzene rings is 12. The Morgan fingerprint density at radius 1 is 0.111 bits per heavy atom.